The van der Waals surface area contributed by atoms with Crippen LogP contribution in [0.4, 0.5) is 0 Å². The standard InChI is InChI=1S/C19H24O/c1-3-4-8-16-10-12-17(13-11-16)19(20)14-18-9-6-5-7-15(18)2/h5-7,9-13,19-20H,3-4,8,14H2,1-2H3. The number of hydrogen-bond acceptors (Lipinski definition) is 1. The predicted molar refractivity (Wildman–Crippen MR) is 84.9 cm³/mol. The summed E-state index contributed by atoms with van der Waals surface area (Å²) in [6.45, 7) is 4.30. The molecule has 0 aliphatic carbocycles. The molecule has 0 spiro atoms. The van der Waals surface area contributed by atoms with Crippen molar-refractivity contribution in [2.75, 3.05) is 0 Å². The highest BCUT2D eigenvalue weighted by Gasteiger charge is 2.09. The van der Waals surface area contributed by atoms with Crippen molar-refractivity contribution in [3.63, 3.8) is 0 Å². The first kappa shape index (κ1) is 14.8. The van der Waals surface area contributed by atoms with Crippen molar-refractivity contribution in [2.45, 2.75) is 45.6 Å². The van der Waals surface area contributed by atoms with Gasteiger partial charge in [0.25, 0.3) is 0 Å². The zero-order valence-electron chi connectivity index (χ0n) is 12.5. The Kier molecular flexibility index (Phi) is 5.37. The minimum absolute atomic E-state index is 0.420. The van der Waals surface area contributed by atoms with Crippen LogP contribution in [-0.4, -0.2) is 5.11 Å². The van der Waals surface area contributed by atoms with Crippen LogP contribution in [0.15, 0.2) is 48.5 Å². The average molecular weight is 268 g/mol. The number of hydrogen-bond donors (Lipinski definition) is 1. The summed E-state index contributed by atoms with van der Waals surface area (Å²) >= 11 is 0. The predicted octanol–water partition coefficient (Wildman–Crippen LogP) is 4.61. The Morgan fingerprint density at radius 1 is 1.00 bits per heavy atom. The molecule has 1 nitrogen and oxygen atoms in total. The van der Waals surface area contributed by atoms with Crippen molar-refractivity contribution in [1.29, 1.82) is 0 Å². The molecule has 0 aliphatic rings. The minimum atomic E-state index is -0.420. The maximum Gasteiger partial charge on any atom is 0.0830 e. The summed E-state index contributed by atoms with van der Waals surface area (Å²) in [4.78, 5) is 0. The minimum Gasteiger partial charge on any atom is -0.388 e. The van der Waals surface area contributed by atoms with E-state index in [1.54, 1.807) is 0 Å². The zero-order chi connectivity index (χ0) is 14.4. The number of aliphatic hydroxyl groups is 1. The van der Waals surface area contributed by atoms with E-state index in [1.807, 2.05) is 12.1 Å². The lowest BCUT2D eigenvalue weighted by atomic mass is 9.97. The second-order valence-corrected chi connectivity index (χ2v) is 5.49. The van der Waals surface area contributed by atoms with Gasteiger partial charge in [-0.2, -0.15) is 0 Å². The molecule has 0 radical (unpaired) electrons. The van der Waals surface area contributed by atoms with Gasteiger partial charge in [-0.05, 0) is 42.0 Å². The molecule has 0 aromatic heterocycles. The van der Waals surface area contributed by atoms with E-state index >= 15 is 0 Å². The molecule has 0 fully saturated rings. The molecule has 0 aliphatic heterocycles. The first-order chi connectivity index (χ1) is 9.70. The summed E-state index contributed by atoms with van der Waals surface area (Å²) in [7, 11) is 0. The first-order valence-electron chi connectivity index (χ1n) is 7.52. The highest BCUT2D eigenvalue weighted by atomic mass is 16.3. The van der Waals surface area contributed by atoms with Gasteiger partial charge in [-0.15, -0.1) is 0 Å². The van der Waals surface area contributed by atoms with E-state index in [0.29, 0.717) is 6.42 Å². The second-order valence-electron chi connectivity index (χ2n) is 5.49. The van der Waals surface area contributed by atoms with Crippen molar-refractivity contribution in [2.24, 2.45) is 0 Å². The number of unbranched alkanes of at least 4 members (excludes halogenated alkanes) is 1. The average Bonchev–Trinajstić information content (AvgIpc) is 2.48. The molecule has 0 heterocycles. The van der Waals surface area contributed by atoms with E-state index in [0.717, 1.165) is 12.0 Å². The molecular weight excluding hydrogens is 244 g/mol. The Bertz CT molecular complexity index is 528. The van der Waals surface area contributed by atoms with E-state index in [2.05, 4.69) is 50.2 Å². The second kappa shape index (κ2) is 7.25. The van der Waals surface area contributed by atoms with Gasteiger partial charge in [0.05, 0.1) is 6.10 Å². The third-order valence-electron chi connectivity index (χ3n) is 3.86. The summed E-state index contributed by atoms with van der Waals surface area (Å²) in [6, 6.07) is 16.7. The molecule has 2 aromatic rings. The fourth-order valence-corrected chi connectivity index (χ4v) is 2.45. The van der Waals surface area contributed by atoms with Crippen LogP contribution < -0.4 is 0 Å². The van der Waals surface area contributed by atoms with Crippen LogP contribution in [0.25, 0.3) is 0 Å². The summed E-state index contributed by atoms with van der Waals surface area (Å²) in [6.07, 6.45) is 3.84. The molecule has 2 aromatic carbocycles. The number of benzene rings is 2. The Hall–Kier alpha value is -1.60. The molecule has 20 heavy (non-hydrogen) atoms. The van der Waals surface area contributed by atoms with Crippen LogP contribution in [0.5, 0.6) is 0 Å². The zero-order valence-corrected chi connectivity index (χ0v) is 12.5. The maximum atomic E-state index is 10.4. The van der Waals surface area contributed by atoms with Crippen LogP contribution >= 0.6 is 0 Å². The topological polar surface area (TPSA) is 20.2 Å². The molecule has 1 N–H and O–H groups in total. The van der Waals surface area contributed by atoms with Crippen molar-refractivity contribution in [3.8, 4) is 0 Å². The lowest BCUT2D eigenvalue weighted by molar-refractivity contribution is 0.178. The lowest BCUT2D eigenvalue weighted by Gasteiger charge is -2.13. The van der Waals surface area contributed by atoms with Gasteiger partial charge in [0.1, 0.15) is 0 Å². The van der Waals surface area contributed by atoms with Crippen LogP contribution in [0, 0.1) is 6.92 Å². The van der Waals surface area contributed by atoms with Crippen LogP contribution in [0.1, 0.15) is 48.1 Å². The van der Waals surface area contributed by atoms with Gasteiger partial charge >= 0.3 is 0 Å². The normalized spacial score (nSPS) is 12.3. The molecule has 0 amide bonds. The van der Waals surface area contributed by atoms with Gasteiger partial charge in [-0.3, -0.25) is 0 Å². The largest absolute Gasteiger partial charge is 0.388 e. The fourth-order valence-electron chi connectivity index (χ4n) is 2.45. The molecule has 1 heteroatoms. The highest BCUT2D eigenvalue weighted by Crippen LogP contribution is 2.21. The Morgan fingerprint density at radius 2 is 1.70 bits per heavy atom. The quantitative estimate of drug-likeness (QED) is 0.811. The molecule has 1 atom stereocenters. The Morgan fingerprint density at radius 3 is 2.35 bits per heavy atom. The van der Waals surface area contributed by atoms with Gasteiger partial charge in [0.2, 0.25) is 0 Å². The van der Waals surface area contributed by atoms with E-state index in [9.17, 15) is 5.11 Å². The van der Waals surface area contributed by atoms with E-state index in [-0.39, 0.29) is 0 Å². The van der Waals surface area contributed by atoms with E-state index in [1.165, 1.54) is 29.5 Å². The Labute approximate surface area is 122 Å². The van der Waals surface area contributed by atoms with E-state index < -0.39 is 6.10 Å². The van der Waals surface area contributed by atoms with Gasteiger partial charge < -0.3 is 5.11 Å². The Balaban J connectivity index is 2.02. The number of aryl methyl sites for hydroxylation is 2. The van der Waals surface area contributed by atoms with Gasteiger partial charge in [-0.1, -0.05) is 61.9 Å². The molecule has 106 valence electrons. The van der Waals surface area contributed by atoms with E-state index in [4.69, 9.17) is 0 Å². The third kappa shape index (κ3) is 3.94. The summed E-state index contributed by atoms with van der Waals surface area (Å²) in [5.41, 5.74) is 4.83. The van der Waals surface area contributed by atoms with Crippen molar-refractivity contribution >= 4 is 0 Å². The summed E-state index contributed by atoms with van der Waals surface area (Å²) in [5, 5.41) is 10.4. The van der Waals surface area contributed by atoms with Crippen LogP contribution in [-0.2, 0) is 12.8 Å². The van der Waals surface area contributed by atoms with Crippen molar-refractivity contribution in [3.05, 3.63) is 70.8 Å². The summed E-state index contributed by atoms with van der Waals surface area (Å²) < 4.78 is 0. The van der Waals surface area contributed by atoms with Crippen molar-refractivity contribution < 1.29 is 5.11 Å². The monoisotopic (exact) mass is 268 g/mol. The molecule has 0 saturated heterocycles. The highest BCUT2D eigenvalue weighted by molar-refractivity contribution is 5.29. The van der Waals surface area contributed by atoms with Gasteiger partial charge in [0, 0.05) is 6.42 Å². The molecular formula is C19H24O. The molecule has 1 unspecified atom stereocenters. The lowest BCUT2D eigenvalue weighted by Crippen LogP contribution is -2.03. The van der Waals surface area contributed by atoms with Crippen molar-refractivity contribution in [1.82, 2.24) is 0 Å². The van der Waals surface area contributed by atoms with Gasteiger partial charge in [-0.25, -0.2) is 0 Å². The van der Waals surface area contributed by atoms with Crippen LogP contribution in [0.2, 0.25) is 0 Å². The number of aliphatic hydroxyl groups excluding tert-OH is 1. The molecule has 2 rings (SSSR count). The maximum absolute atomic E-state index is 10.4. The van der Waals surface area contributed by atoms with Gasteiger partial charge in [0.15, 0.2) is 0 Å². The SMILES string of the molecule is CCCCc1ccc(C(O)Cc2ccccc2C)cc1. The fraction of sp³-hybridized carbons (Fsp3) is 0.368. The number of rotatable bonds is 6. The summed E-state index contributed by atoms with van der Waals surface area (Å²) in [5.74, 6) is 0. The smallest absolute Gasteiger partial charge is 0.0830 e. The molecule has 0 saturated carbocycles. The third-order valence-corrected chi connectivity index (χ3v) is 3.86. The van der Waals surface area contributed by atoms with Crippen LogP contribution in [0.3, 0.4) is 0 Å². The molecule has 0 bridgehead atoms. The first-order valence-corrected chi connectivity index (χ1v) is 7.52.